The van der Waals surface area contributed by atoms with Gasteiger partial charge in [-0.3, -0.25) is 9.69 Å². The minimum absolute atomic E-state index is 0.0674. The Morgan fingerprint density at radius 3 is 2.69 bits per heavy atom. The summed E-state index contributed by atoms with van der Waals surface area (Å²) in [7, 11) is 0. The number of allylic oxidation sites excluding steroid dienone is 2. The van der Waals surface area contributed by atoms with Gasteiger partial charge in [0.05, 0.1) is 6.54 Å². The lowest BCUT2D eigenvalue weighted by Crippen LogP contribution is -2.54. The van der Waals surface area contributed by atoms with Crippen LogP contribution in [-0.4, -0.2) is 46.9 Å². The predicted octanol–water partition coefficient (Wildman–Crippen LogP) is 4.65. The molecule has 6 heteroatoms. The van der Waals surface area contributed by atoms with Crippen molar-refractivity contribution < 1.29 is 9.59 Å². The van der Waals surface area contributed by atoms with Crippen molar-refractivity contribution in [1.82, 2.24) is 15.1 Å². The van der Waals surface area contributed by atoms with Crippen molar-refractivity contribution in [2.45, 2.75) is 65.5 Å². The number of imide groups is 1. The Labute approximate surface area is 179 Å². The summed E-state index contributed by atoms with van der Waals surface area (Å²) in [6, 6.07) is 1.72. The third kappa shape index (κ3) is 5.28. The first-order valence-electron chi connectivity index (χ1n) is 10.8. The number of thiophene rings is 1. The van der Waals surface area contributed by atoms with Crippen LogP contribution in [0.2, 0.25) is 0 Å². The Morgan fingerprint density at radius 2 is 2.07 bits per heavy atom. The molecule has 2 fully saturated rings. The van der Waals surface area contributed by atoms with Crippen molar-refractivity contribution in [2.24, 2.45) is 11.8 Å². The Bertz CT molecular complexity index is 733. The van der Waals surface area contributed by atoms with Gasteiger partial charge < -0.3 is 10.2 Å². The molecule has 160 valence electrons. The van der Waals surface area contributed by atoms with E-state index < -0.39 is 5.54 Å². The number of carbonyl (C=O) groups is 2. The van der Waals surface area contributed by atoms with E-state index in [-0.39, 0.29) is 17.9 Å². The van der Waals surface area contributed by atoms with E-state index in [1.165, 1.54) is 16.9 Å². The first-order valence-corrected chi connectivity index (χ1v) is 11.7. The van der Waals surface area contributed by atoms with Crippen LogP contribution in [0.25, 0.3) is 0 Å². The number of urea groups is 1. The number of hydrogen-bond acceptors (Lipinski definition) is 4. The van der Waals surface area contributed by atoms with Crippen LogP contribution in [0.5, 0.6) is 0 Å². The lowest BCUT2D eigenvalue weighted by atomic mass is 9.78. The van der Waals surface area contributed by atoms with Crippen molar-refractivity contribution in [3.63, 3.8) is 0 Å². The number of piperidine rings is 1. The second-order valence-electron chi connectivity index (χ2n) is 9.19. The van der Waals surface area contributed by atoms with Crippen molar-refractivity contribution >= 4 is 23.3 Å². The summed E-state index contributed by atoms with van der Waals surface area (Å²) < 4.78 is 0. The van der Waals surface area contributed by atoms with Gasteiger partial charge in [0.15, 0.2) is 0 Å². The van der Waals surface area contributed by atoms with E-state index in [9.17, 15) is 9.59 Å². The Balaban J connectivity index is 1.51. The van der Waals surface area contributed by atoms with E-state index >= 15 is 0 Å². The van der Waals surface area contributed by atoms with Crippen LogP contribution in [0.1, 0.15) is 58.9 Å². The fraction of sp³-hybridized carbons (Fsp3) is 0.652. The van der Waals surface area contributed by atoms with Crippen LogP contribution in [0.15, 0.2) is 28.5 Å². The van der Waals surface area contributed by atoms with Crippen LogP contribution in [0, 0.1) is 11.8 Å². The highest BCUT2D eigenvalue weighted by Crippen LogP contribution is 2.34. The molecular formula is C23H35N3O2S. The summed E-state index contributed by atoms with van der Waals surface area (Å²) in [4.78, 5) is 29.5. The molecule has 0 spiro atoms. The Hall–Kier alpha value is -1.66. The SMILES string of the molecule is CC(C)=CCC[C@@H](C)CN1CCC([C@@]2(C)NC(=O)N(Cc3ccsc3)C2=O)CC1. The van der Waals surface area contributed by atoms with Gasteiger partial charge in [-0.25, -0.2) is 4.79 Å². The maximum Gasteiger partial charge on any atom is 0.325 e. The van der Waals surface area contributed by atoms with E-state index in [0.717, 1.165) is 44.5 Å². The zero-order chi connectivity index (χ0) is 21.0. The average molecular weight is 418 g/mol. The lowest BCUT2D eigenvalue weighted by molar-refractivity contribution is -0.133. The van der Waals surface area contributed by atoms with Crippen molar-refractivity contribution in [1.29, 1.82) is 0 Å². The molecule has 0 aliphatic carbocycles. The Kier molecular flexibility index (Phi) is 7.17. The molecule has 2 aliphatic heterocycles. The second kappa shape index (κ2) is 9.43. The van der Waals surface area contributed by atoms with Crippen molar-refractivity contribution in [2.75, 3.05) is 19.6 Å². The van der Waals surface area contributed by atoms with Crippen LogP contribution in [0.3, 0.4) is 0 Å². The van der Waals surface area contributed by atoms with Gasteiger partial charge in [-0.15, -0.1) is 0 Å². The van der Waals surface area contributed by atoms with Crippen LogP contribution in [0.4, 0.5) is 4.79 Å². The summed E-state index contributed by atoms with van der Waals surface area (Å²) in [5, 5.41) is 6.99. The van der Waals surface area contributed by atoms with E-state index in [1.807, 2.05) is 23.8 Å². The van der Waals surface area contributed by atoms with E-state index in [4.69, 9.17) is 0 Å². The quantitative estimate of drug-likeness (QED) is 0.495. The molecule has 3 heterocycles. The summed E-state index contributed by atoms with van der Waals surface area (Å²) in [6.45, 7) is 12.0. The molecule has 1 aromatic heterocycles. The summed E-state index contributed by atoms with van der Waals surface area (Å²) >= 11 is 1.59. The highest BCUT2D eigenvalue weighted by atomic mass is 32.1. The van der Waals surface area contributed by atoms with Crippen LogP contribution >= 0.6 is 11.3 Å². The predicted molar refractivity (Wildman–Crippen MR) is 119 cm³/mol. The Morgan fingerprint density at radius 1 is 1.34 bits per heavy atom. The minimum atomic E-state index is -0.770. The van der Waals surface area contributed by atoms with Gasteiger partial charge in [-0.05, 0) is 93.8 Å². The zero-order valence-corrected chi connectivity index (χ0v) is 19.1. The van der Waals surface area contributed by atoms with Gasteiger partial charge in [0.1, 0.15) is 5.54 Å². The van der Waals surface area contributed by atoms with Gasteiger partial charge in [0.2, 0.25) is 0 Å². The lowest BCUT2D eigenvalue weighted by Gasteiger charge is -2.39. The number of amides is 3. The second-order valence-corrected chi connectivity index (χ2v) is 9.97. The highest BCUT2D eigenvalue weighted by Gasteiger charge is 2.52. The monoisotopic (exact) mass is 417 g/mol. The molecule has 0 bridgehead atoms. The topological polar surface area (TPSA) is 52.7 Å². The standard InChI is InChI=1S/C23H35N3O2S/c1-17(2)6-5-7-18(3)14-25-11-8-20(9-12-25)23(4)21(27)26(22(28)24-23)15-19-10-13-29-16-19/h6,10,13,16,18,20H,5,7-9,11-12,14-15H2,1-4H3,(H,24,28)/t18-,23-/m1/s1. The average Bonchev–Trinajstić information content (AvgIpc) is 3.25. The summed E-state index contributed by atoms with van der Waals surface area (Å²) in [5.74, 6) is 0.803. The molecule has 5 nitrogen and oxygen atoms in total. The van der Waals surface area contributed by atoms with Crippen LogP contribution in [-0.2, 0) is 11.3 Å². The normalized spacial score (nSPS) is 24.6. The van der Waals surface area contributed by atoms with E-state index in [2.05, 4.69) is 37.1 Å². The van der Waals surface area contributed by atoms with Gasteiger partial charge >= 0.3 is 6.03 Å². The first-order chi connectivity index (χ1) is 13.8. The third-order valence-corrected chi connectivity index (χ3v) is 7.14. The van der Waals surface area contributed by atoms with Gasteiger partial charge in [0.25, 0.3) is 5.91 Å². The third-order valence-electron chi connectivity index (χ3n) is 6.41. The zero-order valence-electron chi connectivity index (χ0n) is 18.2. The molecule has 3 amide bonds. The summed E-state index contributed by atoms with van der Waals surface area (Å²) in [5.41, 5.74) is 1.64. The van der Waals surface area contributed by atoms with E-state index in [1.54, 1.807) is 11.3 Å². The van der Waals surface area contributed by atoms with Gasteiger partial charge in [-0.2, -0.15) is 11.3 Å². The fourth-order valence-electron chi connectivity index (χ4n) is 4.58. The van der Waals surface area contributed by atoms with Gasteiger partial charge in [-0.1, -0.05) is 18.6 Å². The van der Waals surface area contributed by atoms with Gasteiger partial charge in [0, 0.05) is 6.54 Å². The molecule has 2 aliphatic rings. The molecule has 2 atom stereocenters. The molecule has 0 unspecified atom stereocenters. The molecule has 0 aromatic carbocycles. The maximum atomic E-state index is 13.1. The van der Waals surface area contributed by atoms with Crippen molar-refractivity contribution in [3.8, 4) is 0 Å². The molecular weight excluding hydrogens is 382 g/mol. The molecule has 1 N–H and O–H groups in total. The number of likely N-dealkylation sites (tertiary alicyclic amines) is 1. The molecule has 1 aromatic rings. The number of hydrogen-bond donors (Lipinski definition) is 1. The van der Waals surface area contributed by atoms with Crippen molar-refractivity contribution in [3.05, 3.63) is 34.0 Å². The molecule has 0 saturated carbocycles. The highest BCUT2D eigenvalue weighted by molar-refractivity contribution is 7.07. The fourth-order valence-corrected chi connectivity index (χ4v) is 5.24. The maximum absolute atomic E-state index is 13.1. The summed E-state index contributed by atoms with van der Waals surface area (Å²) in [6.07, 6.45) is 6.60. The molecule has 29 heavy (non-hydrogen) atoms. The number of nitrogens with one attached hydrogen (secondary N) is 1. The smallest absolute Gasteiger partial charge is 0.323 e. The molecule has 0 radical (unpaired) electrons. The first kappa shape index (κ1) is 22.0. The molecule has 2 saturated heterocycles. The largest absolute Gasteiger partial charge is 0.325 e. The minimum Gasteiger partial charge on any atom is -0.323 e. The molecule has 3 rings (SSSR count). The number of rotatable bonds is 8. The van der Waals surface area contributed by atoms with E-state index in [0.29, 0.717) is 12.5 Å². The number of nitrogens with zero attached hydrogens (tertiary/aromatic N) is 2. The number of carbonyl (C=O) groups excluding carboxylic acids is 2. The van der Waals surface area contributed by atoms with Crippen LogP contribution < -0.4 is 5.32 Å².